The van der Waals surface area contributed by atoms with Crippen molar-refractivity contribution in [1.82, 2.24) is 25.1 Å². The van der Waals surface area contributed by atoms with E-state index in [1.807, 2.05) is 39.0 Å². The van der Waals surface area contributed by atoms with Crippen LogP contribution in [0.3, 0.4) is 0 Å². The van der Waals surface area contributed by atoms with Gasteiger partial charge in [-0.05, 0) is 72.2 Å². The van der Waals surface area contributed by atoms with Gasteiger partial charge in [0.1, 0.15) is 5.82 Å². The third kappa shape index (κ3) is 4.39. The molecule has 2 aromatic carbocycles. The third-order valence-electron chi connectivity index (χ3n) is 4.83. The van der Waals surface area contributed by atoms with Crippen LogP contribution < -0.4 is 0 Å². The summed E-state index contributed by atoms with van der Waals surface area (Å²) in [7, 11) is 1.74. The topological polar surface area (TPSA) is 63.9 Å². The first kappa shape index (κ1) is 20.0. The number of rotatable bonds is 6. The first-order valence-electron chi connectivity index (χ1n) is 8.86. The van der Waals surface area contributed by atoms with Crippen molar-refractivity contribution in [3.63, 3.8) is 0 Å². The fourth-order valence-corrected chi connectivity index (χ4v) is 3.51. The smallest absolute Gasteiger partial charge is 0.233 e. The van der Waals surface area contributed by atoms with E-state index in [1.165, 1.54) is 29.5 Å². The summed E-state index contributed by atoms with van der Waals surface area (Å²) in [4.78, 5) is 14.3. The van der Waals surface area contributed by atoms with E-state index in [1.54, 1.807) is 28.8 Å². The van der Waals surface area contributed by atoms with Gasteiger partial charge in [0.15, 0.2) is 0 Å². The Morgan fingerprint density at radius 3 is 2.57 bits per heavy atom. The van der Waals surface area contributed by atoms with E-state index in [9.17, 15) is 9.18 Å². The van der Waals surface area contributed by atoms with E-state index in [0.717, 1.165) is 16.8 Å². The molecule has 1 aromatic heterocycles. The molecule has 0 radical (unpaired) electrons. The van der Waals surface area contributed by atoms with Crippen molar-refractivity contribution in [2.45, 2.75) is 32.0 Å². The Bertz CT molecular complexity index is 973. The molecule has 0 aliphatic rings. The number of benzene rings is 2. The molecule has 0 aliphatic carbocycles. The van der Waals surface area contributed by atoms with Crippen molar-refractivity contribution >= 4 is 17.7 Å². The minimum atomic E-state index is -0.293. The molecule has 1 amide bonds. The standard InChI is InChI=1S/C20H22FN5OS/c1-13-5-10-18(11-14(13)2)26-20(22-23-24-26)28-12-19(27)25(4)15(3)16-6-8-17(21)9-7-16/h5-11,15H,12H2,1-4H3. The van der Waals surface area contributed by atoms with Gasteiger partial charge in [-0.15, -0.1) is 5.10 Å². The maximum absolute atomic E-state index is 13.1. The fourth-order valence-electron chi connectivity index (χ4n) is 2.70. The predicted molar refractivity (Wildman–Crippen MR) is 107 cm³/mol. The van der Waals surface area contributed by atoms with E-state index in [-0.39, 0.29) is 23.5 Å². The van der Waals surface area contributed by atoms with E-state index in [2.05, 4.69) is 15.5 Å². The molecule has 1 unspecified atom stereocenters. The highest BCUT2D eigenvalue weighted by Gasteiger charge is 2.19. The zero-order valence-electron chi connectivity index (χ0n) is 16.3. The van der Waals surface area contributed by atoms with Gasteiger partial charge in [-0.25, -0.2) is 4.39 Å². The second-order valence-electron chi connectivity index (χ2n) is 6.66. The molecule has 3 aromatic rings. The van der Waals surface area contributed by atoms with Crippen LogP contribution in [0.5, 0.6) is 0 Å². The van der Waals surface area contributed by atoms with Gasteiger partial charge in [0.05, 0.1) is 17.5 Å². The summed E-state index contributed by atoms with van der Waals surface area (Å²) in [5.74, 6) is -0.150. The molecule has 0 N–H and O–H groups in total. The number of nitrogens with zero attached hydrogens (tertiary/aromatic N) is 5. The number of halogens is 1. The Morgan fingerprint density at radius 2 is 1.89 bits per heavy atom. The number of thioether (sulfide) groups is 1. The fraction of sp³-hybridized carbons (Fsp3) is 0.300. The molecule has 146 valence electrons. The van der Waals surface area contributed by atoms with Gasteiger partial charge in [-0.3, -0.25) is 4.79 Å². The highest BCUT2D eigenvalue weighted by atomic mass is 32.2. The van der Waals surface area contributed by atoms with Crippen LogP contribution in [0.25, 0.3) is 5.69 Å². The van der Waals surface area contributed by atoms with E-state index in [4.69, 9.17) is 0 Å². The van der Waals surface area contributed by atoms with Gasteiger partial charge in [0.2, 0.25) is 11.1 Å². The average molecular weight is 399 g/mol. The van der Waals surface area contributed by atoms with Gasteiger partial charge in [-0.2, -0.15) is 4.68 Å². The maximum Gasteiger partial charge on any atom is 0.233 e. The predicted octanol–water partition coefficient (Wildman–Crippen LogP) is 3.73. The lowest BCUT2D eigenvalue weighted by molar-refractivity contribution is -0.128. The molecule has 0 saturated heterocycles. The third-order valence-corrected chi connectivity index (χ3v) is 5.73. The lowest BCUT2D eigenvalue weighted by Gasteiger charge is -2.25. The molecule has 28 heavy (non-hydrogen) atoms. The number of tetrazole rings is 1. The summed E-state index contributed by atoms with van der Waals surface area (Å²) in [5, 5.41) is 12.4. The molecule has 0 spiro atoms. The quantitative estimate of drug-likeness (QED) is 0.591. The molecule has 6 nitrogen and oxygen atoms in total. The first-order chi connectivity index (χ1) is 13.4. The summed E-state index contributed by atoms with van der Waals surface area (Å²) in [6.07, 6.45) is 0. The zero-order chi connectivity index (χ0) is 20.3. The number of carbonyl (C=O) groups excluding carboxylic acids is 1. The van der Waals surface area contributed by atoms with Gasteiger partial charge in [0.25, 0.3) is 0 Å². The van der Waals surface area contributed by atoms with Crippen LogP contribution in [-0.4, -0.2) is 43.8 Å². The molecule has 0 fully saturated rings. The summed E-state index contributed by atoms with van der Waals surface area (Å²) in [6, 6.07) is 12.0. The number of aryl methyl sites for hydroxylation is 2. The van der Waals surface area contributed by atoms with E-state index in [0.29, 0.717) is 5.16 Å². The number of carbonyl (C=O) groups is 1. The molecule has 1 heterocycles. The molecular weight excluding hydrogens is 377 g/mol. The van der Waals surface area contributed by atoms with Crippen molar-refractivity contribution in [2.24, 2.45) is 0 Å². The van der Waals surface area contributed by atoms with E-state index >= 15 is 0 Å². The first-order valence-corrected chi connectivity index (χ1v) is 9.85. The number of aromatic nitrogens is 4. The van der Waals surface area contributed by atoms with Crippen molar-refractivity contribution in [3.8, 4) is 5.69 Å². The van der Waals surface area contributed by atoms with Crippen LogP contribution in [0.1, 0.15) is 29.7 Å². The van der Waals surface area contributed by atoms with Crippen LogP contribution in [0.2, 0.25) is 0 Å². The maximum atomic E-state index is 13.1. The highest BCUT2D eigenvalue weighted by molar-refractivity contribution is 7.99. The molecule has 0 bridgehead atoms. The van der Waals surface area contributed by atoms with Crippen LogP contribution >= 0.6 is 11.8 Å². The Morgan fingerprint density at radius 1 is 1.18 bits per heavy atom. The molecular formula is C20H22FN5OS. The Balaban J connectivity index is 1.67. The summed E-state index contributed by atoms with van der Waals surface area (Å²) >= 11 is 1.29. The number of hydrogen-bond donors (Lipinski definition) is 0. The minimum absolute atomic E-state index is 0.0588. The van der Waals surface area contributed by atoms with Crippen molar-refractivity contribution in [2.75, 3.05) is 12.8 Å². The zero-order valence-corrected chi connectivity index (χ0v) is 17.1. The van der Waals surface area contributed by atoms with Crippen LogP contribution in [-0.2, 0) is 4.79 Å². The van der Waals surface area contributed by atoms with Crippen LogP contribution in [0, 0.1) is 19.7 Å². The molecule has 3 rings (SSSR count). The van der Waals surface area contributed by atoms with Crippen molar-refractivity contribution in [1.29, 1.82) is 0 Å². The summed E-state index contributed by atoms with van der Waals surface area (Å²) < 4.78 is 14.7. The van der Waals surface area contributed by atoms with Gasteiger partial charge in [-0.1, -0.05) is 30.0 Å². The number of amides is 1. The van der Waals surface area contributed by atoms with Gasteiger partial charge in [0, 0.05) is 7.05 Å². The second-order valence-corrected chi connectivity index (χ2v) is 7.61. The normalized spacial score (nSPS) is 12.0. The molecule has 8 heteroatoms. The van der Waals surface area contributed by atoms with Crippen LogP contribution in [0.4, 0.5) is 4.39 Å². The minimum Gasteiger partial charge on any atom is -0.338 e. The molecule has 0 aliphatic heterocycles. The molecule has 0 saturated carbocycles. The monoisotopic (exact) mass is 399 g/mol. The van der Waals surface area contributed by atoms with Gasteiger partial charge >= 0.3 is 0 Å². The molecule has 1 atom stereocenters. The van der Waals surface area contributed by atoms with Crippen molar-refractivity contribution < 1.29 is 9.18 Å². The van der Waals surface area contributed by atoms with Gasteiger partial charge < -0.3 is 4.90 Å². The second kappa shape index (κ2) is 8.52. The number of hydrogen-bond acceptors (Lipinski definition) is 5. The summed E-state index contributed by atoms with van der Waals surface area (Å²) in [5.41, 5.74) is 4.07. The Labute approximate surface area is 167 Å². The highest BCUT2D eigenvalue weighted by Crippen LogP contribution is 2.23. The van der Waals surface area contributed by atoms with Crippen LogP contribution in [0.15, 0.2) is 47.6 Å². The van der Waals surface area contributed by atoms with E-state index < -0.39 is 0 Å². The SMILES string of the molecule is Cc1ccc(-n2nnnc2SCC(=O)N(C)C(C)c2ccc(F)cc2)cc1C. The average Bonchev–Trinajstić information content (AvgIpc) is 3.16. The Hall–Kier alpha value is -2.74. The lowest BCUT2D eigenvalue weighted by Crippen LogP contribution is -2.31. The summed E-state index contributed by atoms with van der Waals surface area (Å²) in [6.45, 7) is 5.99. The Kier molecular flexibility index (Phi) is 6.08. The largest absolute Gasteiger partial charge is 0.338 e. The van der Waals surface area contributed by atoms with Crippen molar-refractivity contribution in [3.05, 3.63) is 65.0 Å². The lowest BCUT2D eigenvalue weighted by atomic mass is 10.1.